The molecule has 2 N–H and O–H groups in total. The fourth-order valence-corrected chi connectivity index (χ4v) is 3.65. The number of rotatable bonds is 4. The van der Waals surface area contributed by atoms with E-state index in [2.05, 4.69) is 16.7 Å². The third kappa shape index (κ3) is 3.60. The summed E-state index contributed by atoms with van der Waals surface area (Å²) in [6.07, 6.45) is 0. The molecule has 1 heterocycles. The van der Waals surface area contributed by atoms with E-state index in [4.69, 9.17) is 16.3 Å². The molecule has 142 valence electrons. The number of halogens is 1. The van der Waals surface area contributed by atoms with Crippen molar-refractivity contribution >= 4 is 23.2 Å². The number of ether oxygens (including phenoxy) is 1. The first kappa shape index (κ1) is 19.5. The number of para-hydroxylation sites is 2. The van der Waals surface area contributed by atoms with Crippen LogP contribution in [0.4, 0.5) is 5.69 Å². The van der Waals surface area contributed by atoms with Crippen LogP contribution in [0.1, 0.15) is 25.3 Å². The Morgan fingerprint density at radius 3 is 2.50 bits per heavy atom. The lowest BCUT2D eigenvalue weighted by molar-refractivity contribution is -0.113. The molecule has 6 heteroatoms. The van der Waals surface area contributed by atoms with E-state index in [9.17, 15) is 10.1 Å². The van der Waals surface area contributed by atoms with Crippen LogP contribution in [0.5, 0.6) is 5.75 Å². The van der Waals surface area contributed by atoms with Crippen molar-refractivity contribution in [3.63, 3.8) is 0 Å². The lowest BCUT2D eigenvalue weighted by Crippen LogP contribution is -2.30. The van der Waals surface area contributed by atoms with E-state index in [0.29, 0.717) is 44.6 Å². The summed E-state index contributed by atoms with van der Waals surface area (Å²) < 4.78 is 5.32. The van der Waals surface area contributed by atoms with Crippen LogP contribution < -0.4 is 15.4 Å². The van der Waals surface area contributed by atoms with Crippen LogP contribution in [0.3, 0.4) is 0 Å². The molecular formula is C22H20ClN3O2. The van der Waals surface area contributed by atoms with Crippen molar-refractivity contribution < 1.29 is 9.53 Å². The van der Waals surface area contributed by atoms with Crippen LogP contribution in [0, 0.1) is 11.3 Å². The number of anilines is 1. The number of nitriles is 1. The zero-order valence-corrected chi connectivity index (χ0v) is 16.6. The maximum atomic E-state index is 13.3. The number of nitrogens with one attached hydrogen (secondary N) is 2. The highest BCUT2D eigenvalue weighted by Gasteiger charge is 2.34. The summed E-state index contributed by atoms with van der Waals surface area (Å²) in [5, 5.41) is 16.3. The maximum absolute atomic E-state index is 13.3. The monoisotopic (exact) mass is 393 g/mol. The topological polar surface area (TPSA) is 74.2 Å². The zero-order valence-electron chi connectivity index (χ0n) is 15.8. The van der Waals surface area contributed by atoms with Gasteiger partial charge in [0.05, 0.1) is 30.4 Å². The number of benzene rings is 2. The van der Waals surface area contributed by atoms with Crippen LogP contribution in [0.2, 0.25) is 5.02 Å². The summed E-state index contributed by atoms with van der Waals surface area (Å²) in [5.41, 5.74) is 3.56. The first-order chi connectivity index (χ1) is 13.5. The third-order valence-electron chi connectivity index (χ3n) is 4.70. The van der Waals surface area contributed by atoms with E-state index < -0.39 is 5.92 Å². The first-order valence-electron chi connectivity index (χ1n) is 8.75. The van der Waals surface area contributed by atoms with E-state index in [1.54, 1.807) is 25.3 Å². The molecular weight excluding hydrogens is 374 g/mol. The van der Waals surface area contributed by atoms with Crippen LogP contribution in [0.15, 0.2) is 71.1 Å². The largest absolute Gasteiger partial charge is 0.495 e. The van der Waals surface area contributed by atoms with Gasteiger partial charge < -0.3 is 15.4 Å². The molecule has 0 radical (unpaired) electrons. The average Bonchev–Trinajstić information content (AvgIpc) is 2.68. The van der Waals surface area contributed by atoms with Crippen LogP contribution in [-0.2, 0) is 4.79 Å². The van der Waals surface area contributed by atoms with Gasteiger partial charge in [0.1, 0.15) is 5.75 Å². The number of dihydropyridines is 1. The molecule has 2 aromatic rings. The molecule has 0 saturated carbocycles. The lowest BCUT2D eigenvalue weighted by Gasteiger charge is -2.29. The standard InChI is InChI=1S/C22H20ClN3O2/c1-13-16(12-24)21(15-8-4-5-9-17(15)23)20(14(2)25-13)22(27)26-18-10-6-7-11-19(18)28-3/h4-11,21,25H,1-3H3,(H,26,27). The van der Waals surface area contributed by atoms with E-state index >= 15 is 0 Å². The predicted octanol–water partition coefficient (Wildman–Crippen LogP) is 4.75. The molecule has 0 fully saturated rings. The molecule has 0 aliphatic carbocycles. The number of hydrogen-bond donors (Lipinski definition) is 2. The van der Waals surface area contributed by atoms with Gasteiger partial charge in [0, 0.05) is 22.0 Å². The van der Waals surface area contributed by atoms with Crippen molar-refractivity contribution in [2.75, 3.05) is 12.4 Å². The number of allylic oxidation sites excluding steroid dienone is 3. The van der Waals surface area contributed by atoms with E-state index in [-0.39, 0.29) is 5.91 Å². The third-order valence-corrected chi connectivity index (χ3v) is 5.04. The summed E-state index contributed by atoms with van der Waals surface area (Å²) in [5.74, 6) is -0.325. The van der Waals surface area contributed by atoms with Gasteiger partial charge in [0.15, 0.2) is 0 Å². The highest BCUT2D eigenvalue weighted by Crippen LogP contribution is 2.41. The minimum atomic E-state index is -0.561. The Morgan fingerprint density at radius 1 is 1.14 bits per heavy atom. The molecule has 3 rings (SSSR count). The Balaban J connectivity index is 2.09. The van der Waals surface area contributed by atoms with Crippen LogP contribution in [0.25, 0.3) is 0 Å². The van der Waals surface area contributed by atoms with Crippen molar-refractivity contribution in [3.8, 4) is 11.8 Å². The van der Waals surface area contributed by atoms with Crippen molar-refractivity contribution in [1.29, 1.82) is 5.26 Å². The minimum Gasteiger partial charge on any atom is -0.495 e. The van der Waals surface area contributed by atoms with E-state index in [1.165, 1.54) is 0 Å². The maximum Gasteiger partial charge on any atom is 0.254 e. The van der Waals surface area contributed by atoms with Gasteiger partial charge >= 0.3 is 0 Å². The Labute approximate surface area is 169 Å². The van der Waals surface area contributed by atoms with Gasteiger partial charge in [-0.3, -0.25) is 4.79 Å². The second kappa shape index (κ2) is 8.20. The second-order valence-corrected chi connectivity index (χ2v) is 6.83. The van der Waals surface area contributed by atoms with Gasteiger partial charge in [-0.25, -0.2) is 0 Å². The Bertz CT molecular complexity index is 1030. The summed E-state index contributed by atoms with van der Waals surface area (Å²) in [6.45, 7) is 3.64. The zero-order chi connectivity index (χ0) is 20.3. The summed E-state index contributed by atoms with van der Waals surface area (Å²) in [4.78, 5) is 13.3. The summed E-state index contributed by atoms with van der Waals surface area (Å²) in [7, 11) is 1.55. The van der Waals surface area contributed by atoms with Gasteiger partial charge in [0.2, 0.25) is 0 Å². The quantitative estimate of drug-likeness (QED) is 0.786. The molecule has 1 amide bonds. The van der Waals surface area contributed by atoms with Gasteiger partial charge in [-0.15, -0.1) is 0 Å². The van der Waals surface area contributed by atoms with Gasteiger partial charge in [-0.05, 0) is 37.6 Å². The molecule has 2 aromatic carbocycles. The van der Waals surface area contributed by atoms with Crippen LogP contribution >= 0.6 is 11.6 Å². The molecule has 5 nitrogen and oxygen atoms in total. The number of nitrogens with zero attached hydrogens (tertiary/aromatic N) is 1. The SMILES string of the molecule is COc1ccccc1NC(=O)C1=C(C)NC(C)=C(C#N)C1c1ccccc1Cl. The van der Waals surface area contributed by atoms with E-state index in [0.717, 1.165) is 0 Å². The molecule has 1 unspecified atom stereocenters. The molecule has 0 spiro atoms. The highest BCUT2D eigenvalue weighted by molar-refractivity contribution is 6.31. The molecule has 1 aliphatic rings. The molecule has 0 bridgehead atoms. The Kier molecular flexibility index (Phi) is 5.72. The number of hydrogen-bond acceptors (Lipinski definition) is 4. The fourth-order valence-electron chi connectivity index (χ4n) is 3.40. The number of carbonyl (C=O) groups is 1. The molecule has 0 saturated heterocycles. The first-order valence-corrected chi connectivity index (χ1v) is 9.13. The van der Waals surface area contributed by atoms with E-state index in [1.807, 2.05) is 44.2 Å². The van der Waals surface area contributed by atoms with Crippen molar-refractivity contribution in [3.05, 3.63) is 81.7 Å². The minimum absolute atomic E-state index is 0.320. The summed E-state index contributed by atoms with van der Waals surface area (Å²) >= 11 is 6.43. The number of carbonyl (C=O) groups excluding carboxylic acids is 1. The fraction of sp³-hybridized carbons (Fsp3) is 0.182. The predicted molar refractivity (Wildman–Crippen MR) is 110 cm³/mol. The normalized spacial score (nSPS) is 16.3. The molecule has 0 aromatic heterocycles. The van der Waals surface area contributed by atoms with Crippen molar-refractivity contribution in [1.82, 2.24) is 5.32 Å². The van der Waals surface area contributed by atoms with Gasteiger partial charge in [0.25, 0.3) is 5.91 Å². The van der Waals surface area contributed by atoms with Crippen molar-refractivity contribution in [2.24, 2.45) is 0 Å². The highest BCUT2D eigenvalue weighted by atomic mass is 35.5. The molecule has 1 atom stereocenters. The number of amides is 1. The average molecular weight is 394 g/mol. The Hall–Kier alpha value is -3.23. The van der Waals surface area contributed by atoms with Crippen LogP contribution in [-0.4, -0.2) is 13.0 Å². The summed E-state index contributed by atoms with van der Waals surface area (Å²) in [6, 6.07) is 16.7. The Morgan fingerprint density at radius 2 is 1.82 bits per heavy atom. The second-order valence-electron chi connectivity index (χ2n) is 6.42. The number of methoxy groups -OCH3 is 1. The van der Waals surface area contributed by atoms with Gasteiger partial charge in [-0.2, -0.15) is 5.26 Å². The van der Waals surface area contributed by atoms with Gasteiger partial charge in [-0.1, -0.05) is 41.9 Å². The lowest BCUT2D eigenvalue weighted by atomic mass is 9.80. The molecule has 28 heavy (non-hydrogen) atoms. The van der Waals surface area contributed by atoms with Crippen molar-refractivity contribution in [2.45, 2.75) is 19.8 Å². The molecule has 1 aliphatic heterocycles. The smallest absolute Gasteiger partial charge is 0.254 e.